The molecule has 0 aliphatic rings. The van der Waals surface area contributed by atoms with Gasteiger partial charge in [0, 0.05) is 24.6 Å². The van der Waals surface area contributed by atoms with Crippen molar-refractivity contribution < 1.29 is 9.53 Å². The third-order valence-corrected chi connectivity index (χ3v) is 2.70. The molecule has 112 valence electrons. The molecule has 7 nitrogen and oxygen atoms in total. The van der Waals surface area contributed by atoms with Crippen LogP contribution < -0.4 is 15.4 Å². The van der Waals surface area contributed by atoms with Gasteiger partial charge in [-0.25, -0.2) is 9.78 Å². The molecular formula is C14H19N5O2. The Morgan fingerprint density at radius 1 is 1.43 bits per heavy atom. The van der Waals surface area contributed by atoms with Crippen molar-refractivity contribution in [3.05, 3.63) is 36.8 Å². The Bertz CT molecular complexity index is 571. The maximum absolute atomic E-state index is 12.0. The second kappa shape index (κ2) is 7.28. The fourth-order valence-electron chi connectivity index (χ4n) is 1.85. The summed E-state index contributed by atoms with van der Waals surface area (Å²) in [5, 5.41) is 9.68. The van der Waals surface area contributed by atoms with Crippen molar-refractivity contribution in [1.82, 2.24) is 20.1 Å². The highest BCUT2D eigenvalue weighted by molar-refractivity contribution is 5.90. The van der Waals surface area contributed by atoms with E-state index in [-0.39, 0.29) is 12.1 Å². The molecule has 0 radical (unpaired) electrons. The Kier molecular flexibility index (Phi) is 5.14. The molecule has 0 aromatic carbocycles. The molecular weight excluding hydrogens is 270 g/mol. The summed E-state index contributed by atoms with van der Waals surface area (Å²) >= 11 is 0. The number of rotatable bonds is 6. The Morgan fingerprint density at radius 3 is 3.00 bits per heavy atom. The Morgan fingerprint density at radius 2 is 2.29 bits per heavy atom. The molecule has 7 heteroatoms. The number of nitrogens with one attached hydrogen (secondary N) is 2. The van der Waals surface area contributed by atoms with Gasteiger partial charge in [-0.2, -0.15) is 5.10 Å². The molecule has 0 aliphatic heterocycles. The predicted molar refractivity (Wildman–Crippen MR) is 79.2 cm³/mol. The van der Waals surface area contributed by atoms with E-state index in [9.17, 15) is 4.79 Å². The van der Waals surface area contributed by atoms with Crippen molar-refractivity contribution in [3.63, 3.8) is 0 Å². The van der Waals surface area contributed by atoms with Crippen LogP contribution in [0.25, 0.3) is 0 Å². The van der Waals surface area contributed by atoms with Gasteiger partial charge in [0.15, 0.2) is 0 Å². The summed E-state index contributed by atoms with van der Waals surface area (Å²) < 4.78 is 7.12. The maximum Gasteiger partial charge on any atom is 0.319 e. The van der Waals surface area contributed by atoms with Crippen molar-refractivity contribution in [2.45, 2.75) is 26.4 Å². The summed E-state index contributed by atoms with van der Waals surface area (Å²) in [6, 6.07) is 4.97. The molecule has 0 spiro atoms. The lowest BCUT2D eigenvalue weighted by atomic mass is 10.3. The Hall–Kier alpha value is -2.57. The van der Waals surface area contributed by atoms with Crippen LogP contribution in [0.4, 0.5) is 10.5 Å². The van der Waals surface area contributed by atoms with Crippen molar-refractivity contribution in [3.8, 4) is 5.88 Å². The van der Waals surface area contributed by atoms with Crippen molar-refractivity contribution >= 4 is 11.7 Å². The first-order valence-corrected chi connectivity index (χ1v) is 6.81. The number of aromatic nitrogens is 3. The zero-order valence-electron chi connectivity index (χ0n) is 12.1. The number of pyridine rings is 1. The zero-order chi connectivity index (χ0) is 15.1. The molecule has 0 bridgehead atoms. The van der Waals surface area contributed by atoms with Crippen LogP contribution >= 0.6 is 0 Å². The summed E-state index contributed by atoms with van der Waals surface area (Å²) in [5.74, 6) is 0.412. The van der Waals surface area contributed by atoms with E-state index >= 15 is 0 Å². The number of hydrogen-bond donors (Lipinski definition) is 2. The van der Waals surface area contributed by atoms with Crippen LogP contribution in [0.3, 0.4) is 0 Å². The first-order chi connectivity index (χ1) is 10.2. The summed E-state index contributed by atoms with van der Waals surface area (Å²) in [6.45, 7) is 4.87. The van der Waals surface area contributed by atoms with E-state index in [1.54, 1.807) is 29.2 Å². The number of nitrogens with zero attached hydrogens (tertiary/aromatic N) is 3. The molecule has 0 aliphatic carbocycles. The summed E-state index contributed by atoms with van der Waals surface area (Å²) in [6.07, 6.45) is 5.18. The molecule has 2 amide bonds. The molecule has 2 heterocycles. The molecule has 2 rings (SSSR count). The average Bonchev–Trinajstić information content (AvgIpc) is 2.93. The van der Waals surface area contributed by atoms with Crippen molar-refractivity contribution in [1.29, 1.82) is 0 Å². The predicted octanol–water partition coefficient (Wildman–Crippen LogP) is 1.89. The standard InChI is InChI=1S/C14H19N5O2/c1-3-21-13-12(6-4-7-15-13)18-14(20)17-11(2)10-19-9-5-8-16-19/h4-9,11H,3,10H2,1-2H3,(H2,17,18,20). The topological polar surface area (TPSA) is 81.1 Å². The second-order valence-corrected chi connectivity index (χ2v) is 4.52. The van der Waals surface area contributed by atoms with Gasteiger partial charge in [-0.05, 0) is 32.0 Å². The van der Waals surface area contributed by atoms with E-state index < -0.39 is 0 Å². The average molecular weight is 289 g/mol. The fourth-order valence-corrected chi connectivity index (χ4v) is 1.85. The number of anilines is 1. The van der Waals surface area contributed by atoms with E-state index in [0.717, 1.165) is 0 Å². The molecule has 2 aromatic heterocycles. The van der Waals surface area contributed by atoms with Crippen LogP contribution in [-0.4, -0.2) is 33.4 Å². The SMILES string of the molecule is CCOc1ncccc1NC(=O)NC(C)Cn1cccn1. The van der Waals surface area contributed by atoms with Crippen molar-refractivity contribution in [2.24, 2.45) is 0 Å². The second-order valence-electron chi connectivity index (χ2n) is 4.52. The number of hydrogen-bond acceptors (Lipinski definition) is 4. The highest BCUT2D eigenvalue weighted by Crippen LogP contribution is 2.20. The molecule has 0 saturated carbocycles. The van der Waals surface area contributed by atoms with Gasteiger partial charge in [0.1, 0.15) is 5.69 Å². The molecule has 2 N–H and O–H groups in total. The van der Waals surface area contributed by atoms with Crippen LogP contribution in [0, 0.1) is 0 Å². The lowest BCUT2D eigenvalue weighted by Gasteiger charge is -2.15. The van der Waals surface area contributed by atoms with Gasteiger partial charge < -0.3 is 15.4 Å². The van der Waals surface area contributed by atoms with Gasteiger partial charge in [0.25, 0.3) is 0 Å². The first kappa shape index (κ1) is 14.8. The summed E-state index contributed by atoms with van der Waals surface area (Å²) in [4.78, 5) is 16.1. The summed E-state index contributed by atoms with van der Waals surface area (Å²) in [7, 11) is 0. The zero-order valence-corrected chi connectivity index (χ0v) is 12.1. The minimum atomic E-state index is -0.302. The lowest BCUT2D eigenvalue weighted by Crippen LogP contribution is -2.38. The number of carbonyl (C=O) groups excluding carboxylic acids is 1. The minimum Gasteiger partial charge on any atom is -0.476 e. The highest BCUT2D eigenvalue weighted by Gasteiger charge is 2.11. The van der Waals surface area contributed by atoms with Gasteiger partial charge in [-0.1, -0.05) is 0 Å². The number of carbonyl (C=O) groups is 1. The van der Waals surface area contributed by atoms with Crippen LogP contribution in [0.5, 0.6) is 5.88 Å². The summed E-state index contributed by atoms with van der Waals surface area (Å²) in [5.41, 5.74) is 0.545. The molecule has 1 unspecified atom stereocenters. The molecule has 1 atom stereocenters. The molecule has 21 heavy (non-hydrogen) atoms. The normalized spacial score (nSPS) is 11.7. The fraction of sp³-hybridized carbons (Fsp3) is 0.357. The van der Waals surface area contributed by atoms with Crippen molar-refractivity contribution in [2.75, 3.05) is 11.9 Å². The largest absolute Gasteiger partial charge is 0.476 e. The minimum absolute atomic E-state index is 0.0582. The van der Waals surface area contributed by atoms with Gasteiger partial charge >= 0.3 is 6.03 Å². The monoisotopic (exact) mass is 289 g/mol. The molecule has 2 aromatic rings. The van der Waals surface area contributed by atoms with E-state index in [1.165, 1.54) is 0 Å². The van der Waals surface area contributed by atoms with E-state index in [1.807, 2.05) is 26.1 Å². The Balaban J connectivity index is 1.89. The van der Waals surface area contributed by atoms with Crippen LogP contribution in [0.1, 0.15) is 13.8 Å². The first-order valence-electron chi connectivity index (χ1n) is 6.81. The van der Waals surface area contributed by atoms with E-state index in [4.69, 9.17) is 4.74 Å². The highest BCUT2D eigenvalue weighted by atomic mass is 16.5. The molecule has 0 saturated heterocycles. The third kappa shape index (κ3) is 4.48. The van der Waals surface area contributed by atoms with Gasteiger partial charge in [-0.15, -0.1) is 0 Å². The van der Waals surface area contributed by atoms with Gasteiger partial charge in [0.2, 0.25) is 5.88 Å². The van der Waals surface area contributed by atoms with Crippen LogP contribution in [-0.2, 0) is 6.54 Å². The van der Waals surface area contributed by atoms with Crippen LogP contribution in [0.2, 0.25) is 0 Å². The van der Waals surface area contributed by atoms with Gasteiger partial charge in [0.05, 0.1) is 13.2 Å². The molecule has 0 fully saturated rings. The number of ether oxygens (including phenoxy) is 1. The quantitative estimate of drug-likeness (QED) is 0.851. The lowest BCUT2D eigenvalue weighted by molar-refractivity contribution is 0.247. The maximum atomic E-state index is 12.0. The van der Waals surface area contributed by atoms with E-state index in [0.29, 0.717) is 24.7 Å². The van der Waals surface area contributed by atoms with E-state index in [2.05, 4.69) is 20.7 Å². The number of amides is 2. The van der Waals surface area contributed by atoms with Crippen LogP contribution in [0.15, 0.2) is 36.8 Å². The van der Waals surface area contributed by atoms with Gasteiger partial charge in [-0.3, -0.25) is 4.68 Å². The Labute approximate surface area is 123 Å². The third-order valence-electron chi connectivity index (χ3n) is 2.70. The number of urea groups is 1. The smallest absolute Gasteiger partial charge is 0.319 e.